The predicted octanol–water partition coefficient (Wildman–Crippen LogP) is 3.39. The summed E-state index contributed by atoms with van der Waals surface area (Å²) in [5.41, 5.74) is 7.96. The van der Waals surface area contributed by atoms with Gasteiger partial charge in [-0.05, 0) is 36.8 Å². The zero-order valence-electron chi connectivity index (χ0n) is 14.5. The Morgan fingerprint density at radius 3 is 2.81 bits per heavy atom. The summed E-state index contributed by atoms with van der Waals surface area (Å²) in [6.07, 6.45) is 4.52. The maximum Gasteiger partial charge on any atom is 0.228 e. The summed E-state index contributed by atoms with van der Waals surface area (Å²) in [5, 5.41) is 0. The van der Waals surface area contributed by atoms with E-state index in [4.69, 9.17) is 17.3 Å². The molecule has 1 saturated heterocycles. The van der Waals surface area contributed by atoms with Gasteiger partial charge in [-0.1, -0.05) is 11.6 Å². The Kier molecular flexibility index (Phi) is 5.05. The molecule has 1 unspecified atom stereocenters. The number of nitrogens with two attached hydrogens (primary N) is 1. The van der Waals surface area contributed by atoms with Crippen molar-refractivity contribution in [2.75, 3.05) is 18.8 Å². The molecule has 1 aliphatic heterocycles. The van der Waals surface area contributed by atoms with Crippen LogP contribution in [-0.4, -0.2) is 38.8 Å². The number of carbonyl (C=O) groups is 1. The first-order chi connectivity index (χ1) is 13.1. The van der Waals surface area contributed by atoms with Crippen LogP contribution in [0.15, 0.2) is 42.7 Å². The molecule has 0 radical (unpaired) electrons. The van der Waals surface area contributed by atoms with Gasteiger partial charge in [0.25, 0.3) is 0 Å². The van der Waals surface area contributed by atoms with Crippen molar-refractivity contribution >= 4 is 34.5 Å². The molecule has 138 valence electrons. The van der Waals surface area contributed by atoms with Crippen LogP contribution >= 0.6 is 22.9 Å². The largest absolute Gasteiger partial charge is 0.397 e. The lowest BCUT2D eigenvalue weighted by atomic mass is 10.1. The highest BCUT2D eigenvalue weighted by Gasteiger charge is 2.29. The fourth-order valence-electron chi connectivity index (χ4n) is 3.22. The summed E-state index contributed by atoms with van der Waals surface area (Å²) in [5.74, 6) is 0.996. The lowest BCUT2D eigenvalue weighted by Crippen LogP contribution is -2.30. The Morgan fingerprint density at radius 1 is 1.26 bits per heavy atom. The van der Waals surface area contributed by atoms with E-state index in [0.29, 0.717) is 28.8 Å². The van der Waals surface area contributed by atoms with E-state index in [-0.39, 0.29) is 18.2 Å². The van der Waals surface area contributed by atoms with E-state index in [1.165, 1.54) is 11.3 Å². The van der Waals surface area contributed by atoms with Crippen LogP contribution in [0.2, 0.25) is 4.34 Å². The van der Waals surface area contributed by atoms with Crippen molar-refractivity contribution in [3.8, 4) is 10.6 Å². The van der Waals surface area contributed by atoms with Gasteiger partial charge in [-0.3, -0.25) is 4.79 Å². The number of nitrogens with zero attached hydrogens (tertiary/aromatic N) is 4. The van der Waals surface area contributed by atoms with Crippen LogP contribution in [0.3, 0.4) is 0 Å². The molecule has 27 heavy (non-hydrogen) atoms. The average Bonchev–Trinajstić information content (AvgIpc) is 3.34. The summed E-state index contributed by atoms with van der Waals surface area (Å²) >= 11 is 7.46. The minimum Gasteiger partial charge on any atom is -0.397 e. The third kappa shape index (κ3) is 3.94. The number of aromatic nitrogens is 3. The van der Waals surface area contributed by atoms with Crippen molar-refractivity contribution < 1.29 is 4.79 Å². The van der Waals surface area contributed by atoms with E-state index >= 15 is 0 Å². The molecule has 0 spiro atoms. The van der Waals surface area contributed by atoms with Crippen LogP contribution in [0.5, 0.6) is 0 Å². The lowest BCUT2D eigenvalue weighted by Gasteiger charge is -2.17. The molecule has 1 fully saturated rings. The van der Waals surface area contributed by atoms with Gasteiger partial charge >= 0.3 is 0 Å². The molecule has 0 aromatic carbocycles. The first-order valence-electron chi connectivity index (χ1n) is 8.66. The molecule has 1 amide bonds. The van der Waals surface area contributed by atoms with Crippen LogP contribution in [0.4, 0.5) is 5.69 Å². The summed E-state index contributed by atoms with van der Waals surface area (Å²) in [4.78, 5) is 28.8. The highest BCUT2D eigenvalue weighted by molar-refractivity contribution is 7.19. The quantitative estimate of drug-likeness (QED) is 0.726. The van der Waals surface area contributed by atoms with Gasteiger partial charge in [0, 0.05) is 31.4 Å². The second-order valence-corrected chi connectivity index (χ2v) is 8.16. The van der Waals surface area contributed by atoms with E-state index in [1.54, 1.807) is 24.5 Å². The van der Waals surface area contributed by atoms with Gasteiger partial charge in [0.05, 0.1) is 32.7 Å². The molecule has 8 heteroatoms. The molecule has 3 aromatic heterocycles. The number of amides is 1. The van der Waals surface area contributed by atoms with E-state index in [9.17, 15) is 4.79 Å². The molecule has 1 aliphatic rings. The Labute approximate surface area is 166 Å². The van der Waals surface area contributed by atoms with E-state index in [0.717, 1.165) is 22.8 Å². The molecule has 3 aromatic rings. The third-order valence-electron chi connectivity index (χ3n) is 4.65. The number of thiophene rings is 1. The average molecular weight is 400 g/mol. The van der Waals surface area contributed by atoms with Gasteiger partial charge in [0.1, 0.15) is 5.82 Å². The van der Waals surface area contributed by atoms with Gasteiger partial charge in [0.2, 0.25) is 5.91 Å². The maximum absolute atomic E-state index is 12.8. The summed E-state index contributed by atoms with van der Waals surface area (Å²) in [7, 11) is 0. The second kappa shape index (κ2) is 7.62. The fourth-order valence-corrected chi connectivity index (χ4v) is 4.23. The van der Waals surface area contributed by atoms with Crippen molar-refractivity contribution in [2.24, 2.45) is 0 Å². The number of nitrogen functional groups attached to an aromatic ring is 1. The highest BCUT2D eigenvalue weighted by Crippen LogP contribution is 2.31. The number of likely N-dealkylation sites (tertiary alicyclic amines) is 1. The van der Waals surface area contributed by atoms with Crippen molar-refractivity contribution in [3.05, 3.63) is 58.6 Å². The van der Waals surface area contributed by atoms with Gasteiger partial charge < -0.3 is 10.6 Å². The number of rotatable bonds is 4. The summed E-state index contributed by atoms with van der Waals surface area (Å²) in [6.45, 7) is 1.32. The zero-order valence-corrected chi connectivity index (χ0v) is 16.1. The van der Waals surface area contributed by atoms with Gasteiger partial charge in [-0.15, -0.1) is 11.3 Å². The fraction of sp³-hybridized carbons (Fsp3) is 0.263. The number of halogens is 1. The molecular formula is C19H18ClN5OS. The van der Waals surface area contributed by atoms with Crippen LogP contribution in [0.25, 0.3) is 10.6 Å². The molecule has 0 aliphatic carbocycles. The Morgan fingerprint density at radius 2 is 2.07 bits per heavy atom. The SMILES string of the molecule is Nc1ccc(-c2ccc(Cl)s2)nc1CC(=O)N1CCC(c2ncccn2)C1. The van der Waals surface area contributed by atoms with Crippen LogP contribution in [-0.2, 0) is 11.2 Å². The van der Waals surface area contributed by atoms with Gasteiger partial charge in [-0.25, -0.2) is 15.0 Å². The van der Waals surface area contributed by atoms with E-state index in [1.807, 2.05) is 23.1 Å². The van der Waals surface area contributed by atoms with Crippen molar-refractivity contribution in [1.82, 2.24) is 19.9 Å². The first kappa shape index (κ1) is 17.9. The van der Waals surface area contributed by atoms with Crippen molar-refractivity contribution in [2.45, 2.75) is 18.8 Å². The molecule has 1 atom stereocenters. The standard InChI is InChI=1S/C19H18ClN5OS/c20-17-5-4-16(27-17)14-3-2-13(21)15(24-14)10-18(26)25-9-6-12(11-25)19-22-7-1-8-23-19/h1-5,7-8,12H,6,9-11,21H2. The number of carbonyl (C=O) groups excluding carboxylic acids is 1. The second-order valence-electron chi connectivity index (χ2n) is 6.45. The summed E-state index contributed by atoms with van der Waals surface area (Å²) in [6, 6.07) is 9.19. The van der Waals surface area contributed by atoms with Gasteiger partial charge in [-0.2, -0.15) is 0 Å². The number of hydrogen-bond donors (Lipinski definition) is 1. The Hall–Kier alpha value is -2.51. The van der Waals surface area contributed by atoms with Crippen LogP contribution in [0.1, 0.15) is 23.9 Å². The van der Waals surface area contributed by atoms with Crippen molar-refractivity contribution in [3.63, 3.8) is 0 Å². The van der Waals surface area contributed by atoms with Gasteiger partial charge in [0.15, 0.2) is 0 Å². The molecule has 4 rings (SSSR count). The minimum absolute atomic E-state index is 0.0222. The summed E-state index contributed by atoms with van der Waals surface area (Å²) < 4.78 is 0.701. The topological polar surface area (TPSA) is 85.0 Å². The Balaban J connectivity index is 1.47. The number of pyridine rings is 1. The van der Waals surface area contributed by atoms with Crippen molar-refractivity contribution in [1.29, 1.82) is 0 Å². The molecule has 0 saturated carbocycles. The number of anilines is 1. The highest BCUT2D eigenvalue weighted by atomic mass is 35.5. The molecule has 2 N–H and O–H groups in total. The van der Waals surface area contributed by atoms with Crippen LogP contribution in [0, 0.1) is 0 Å². The predicted molar refractivity (Wildman–Crippen MR) is 107 cm³/mol. The lowest BCUT2D eigenvalue weighted by molar-refractivity contribution is -0.129. The zero-order chi connectivity index (χ0) is 18.8. The third-order valence-corrected chi connectivity index (χ3v) is 5.90. The molecule has 0 bridgehead atoms. The van der Waals surface area contributed by atoms with Crippen LogP contribution < -0.4 is 5.73 Å². The maximum atomic E-state index is 12.8. The number of hydrogen-bond acceptors (Lipinski definition) is 6. The molecule has 4 heterocycles. The smallest absolute Gasteiger partial charge is 0.228 e. The minimum atomic E-state index is 0.0222. The molecular weight excluding hydrogens is 382 g/mol. The van der Waals surface area contributed by atoms with E-state index in [2.05, 4.69) is 15.0 Å². The molecule has 6 nitrogen and oxygen atoms in total. The Bertz CT molecular complexity index is 962. The van der Waals surface area contributed by atoms with E-state index < -0.39 is 0 Å². The monoisotopic (exact) mass is 399 g/mol. The first-order valence-corrected chi connectivity index (χ1v) is 9.85. The normalized spacial score (nSPS) is 16.6.